The molecule has 11 aromatic rings. The predicted molar refractivity (Wildman–Crippen MR) is 341 cm³/mol. The van der Waals surface area contributed by atoms with Crippen LogP contribution < -0.4 is 14.5 Å². The zero-order chi connectivity index (χ0) is 60.2. The molecule has 0 saturated heterocycles. The van der Waals surface area contributed by atoms with Gasteiger partial charge in [-0.05, 0) is 146 Å². The number of para-hydroxylation sites is 4. The molecule has 1 aliphatic heterocycles. The molecule has 0 saturated carbocycles. The standard InChI is InChI=1S/C76H72N4O/c1-50(2)40-55-45-72(77-48-65(55)52-24-14-11-15-25-52)80-68-31-17-16-28-63(68)64-36-35-60(47-71(64)80)81-59-27-20-26-58(46-59)78-49-79(70-33-19-18-32-69(70)78)73-61(53-34-37-66-67(44-53)76(8,9)39-38-75(66,6)7)29-21-30-62(73)56-41-54(51-22-12-10-13-23-51)42-57(43-56)74(3,4)5/h10-37,41-48,50H,38-40,49H2,1-9H3/i34D,37D,40D2,44D. The monoisotopic (exact) mass is 1060 g/mol. The minimum atomic E-state index is -1.65. The van der Waals surface area contributed by atoms with E-state index in [2.05, 4.69) is 190 Å². The van der Waals surface area contributed by atoms with Crippen molar-refractivity contribution in [2.45, 2.75) is 97.8 Å². The summed E-state index contributed by atoms with van der Waals surface area (Å²) >= 11 is 0. The Balaban J connectivity index is 0.939. The van der Waals surface area contributed by atoms with Crippen LogP contribution in [0, 0.1) is 5.92 Å². The summed E-state index contributed by atoms with van der Waals surface area (Å²) in [6.07, 6.45) is 1.92. The molecule has 1 aliphatic carbocycles. The number of benzene rings is 9. The Kier molecular flexibility index (Phi) is 11.5. The molecule has 0 fully saturated rings. The first-order valence-corrected chi connectivity index (χ1v) is 28.6. The average Bonchev–Trinajstić information content (AvgIpc) is 1.02. The zero-order valence-corrected chi connectivity index (χ0v) is 47.9. The fourth-order valence-corrected chi connectivity index (χ4v) is 12.3. The summed E-state index contributed by atoms with van der Waals surface area (Å²) < 4.78 is 58.0. The van der Waals surface area contributed by atoms with Crippen molar-refractivity contribution < 1.29 is 11.6 Å². The van der Waals surface area contributed by atoms with Gasteiger partial charge in [-0.15, -0.1) is 0 Å². The van der Waals surface area contributed by atoms with Crippen molar-refractivity contribution in [2.75, 3.05) is 16.5 Å². The molecular weight excluding hydrogens is 985 g/mol. The first kappa shape index (κ1) is 46.1. The van der Waals surface area contributed by atoms with E-state index < -0.39 is 6.37 Å². The molecule has 0 atom stereocenters. The summed E-state index contributed by atoms with van der Waals surface area (Å²) in [6.45, 7) is 19.7. The van der Waals surface area contributed by atoms with Crippen LogP contribution in [0.5, 0.6) is 11.5 Å². The van der Waals surface area contributed by atoms with Crippen LogP contribution in [0.15, 0.2) is 218 Å². The average molecular weight is 1060 g/mol. The highest BCUT2D eigenvalue weighted by Crippen LogP contribution is 2.53. The molecule has 0 radical (unpaired) electrons. The van der Waals surface area contributed by atoms with E-state index in [1.165, 1.54) is 5.56 Å². The van der Waals surface area contributed by atoms with E-state index in [0.29, 0.717) is 41.2 Å². The molecule has 13 rings (SSSR count). The second kappa shape index (κ2) is 20.1. The molecule has 3 heterocycles. The summed E-state index contributed by atoms with van der Waals surface area (Å²) in [4.78, 5) is 9.74. The van der Waals surface area contributed by atoms with Gasteiger partial charge in [0.2, 0.25) is 0 Å². The van der Waals surface area contributed by atoms with E-state index in [9.17, 15) is 6.85 Å². The van der Waals surface area contributed by atoms with Gasteiger partial charge in [0.1, 0.15) is 24.0 Å². The van der Waals surface area contributed by atoms with Gasteiger partial charge in [-0.25, -0.2) is 4.98 Å². The van der Waals surface area contributed by atoms with E-state index in [0.717, 1.165) is 107 Å². The highest BCUT2D eigenvalue weighted by molar-refractivity contribution is 6.09. The minimum Gasteiger partial charge on any atom is -0.457 e. The molecule has 0 N–H and O–H groups in total. The number of hydrogen-bond donors (Lipinski definition) is 0. The van der Waals surface area contributed by atoms with Crippen molar-refractivity contribution in [3.8, 4) is 61.8 Å². The van der Waals surface area contributed by atoms with Crippen molar-refractivity contribution >= 4 is 44.6 Å². The lowest BCUT2D eigenvalue weighted by molar-refractivity contribution is 0.332. The lowest BCUT2D eigenvalue weighted by atomic mass is 9.63. The van der Waals surface area contributed by atoms with Gasteiger partial charge < -0.3 is 14.5 Å². The lowest BCUT2D eigenvalue weighted by Crippen LogP contribution is -2.33. The molecular formula is C76H72N4O. The molecule has 402 valence electrons. The van der Waals surface area contributed by atoms with E-state index in [-0.39, 0.29) is 34.2 Å². The van der Waals surface area contributed by atoms with Crippen LogP contribution in [-0.2, 0) is 22.6 Å². The van der Waals surface area contributed by atoms with E-state index in [1.54, 1.807) is 0 Å². The van der Waals surface area contributed by atoms with Crippen molar-refractivity contribution in [3.63, 3.8) is 0 Å². The van der Waals surface area contributed by atoms with Crippen LogP contribution in [0.4, 0.5) is 22.7 Å². The second-order valence-electron chi connectivity index (χ2n) is 24.8. The summed E-state index contributed by atoms with van der Waals surface area (Å²) in [7, 11) is 0. The van der Waals surface area contributed by atoms with Gasteiger partial charge in [0.15, 0.2) is 0 Å². The SMILES string of the molecule is [2H]c1c([2H])c2c(c([2H])c1-c1cccc(-c3cc(-c4ccccc4)cc(C(C)(C)C)c3)c1N1CN(c3cccc(Oc4ccc5c6ccccc6n(-c6cc(C([2H])([2H])C(C)C)c(-c7ccccc7)cn6)c5c4)c3)c3ccccc31)C(C)(C)CCC2(C)C. The van der Waals surface area contributed by atoms with Crippen LogP contribution in [0.25, 0.3) is 72.1 Å². The molecule has 5 nitrogen and oxygen atoms in total. The molecule has 2 aliphatic rings. The van der Waals surface area contributed by atoms with E-state index in [4.69, 9.17) is 9.72 Å². The van der Waals surface area contributed by atoms with Crippen molar-refractivity contribution in [3.05, 3.63) is 241 Å². The molecule has 81 heavy (non-hydrogen) atoms. The number of anilines is 4. The third-order valence-corrected chi connectivity index (χ3v) is 16.7. The summed E-state index contributed by atoms with van der Waals surface area (Å²) in [5.41, 5.74) is 15.2. The first-order valence-electron chi connectivity index (χ1n) is 31.1. The lowest BCUT2D eigenvalue weighted by Gasteiger charge is -2.42. The smallest absolute Gasteiger partial charge is 0.137 e. The third kappa shape index (κ3) is 9.56. The normalized spacial score (nSPS) is 15.7. The number of ether oxygens (including phenoxy) is 1. The number of fused-ring (bicyclic) bond motifs is 5. The Bertz CT molecular complexity index is 4460. The fourth-order valence-electron chi connectivity index (χ4n) is 12.3. The van der Waals surface area contributed by atoms with Crippen LogP contribution in [0.2, 0.25) is 0 Å². The van der Waals surface area contributed by atoms with E-state index >= 15 is 0 Å². The molecule has 5 heteroatoms. The quantitative estimate of drug-likeness (QED) is 0.129. The van der Waals surface area contributed by atoms with Crippen molar-refractivity contribution in [1.82, 2.24) is 9.55 Å². The Morgan fingerprint density at radius 1 is 0.556 bits per heavy atom. The maximum Gasteiger partial charge on any atom is 0.137 e. The Morgan fingerprint density at radius 2 is 1.19 bits per heavy atom. The van der Waals surface area contributed by atoms with Gasteiger partial charge in [-0.3, -0.25) is 4.57 Å². The Morgan fingerprint density at radius 3 is 1.93 bits per heavy atom. The van der Waals surface area contributed by atoms with Crippen molar-refractivity contribution in [1.29, 1.82) is 0 Å². The number of rotatable bonds is 11. The Hall–Kier alpha value is -8.67. The second-order valence-corrected chi connectivity index (χ2v) is 24.8. The maximum atomic E-state index is 10.3. The highest BCUT2D eigenvalue weighted by Gasteiger charge is 2.38. The van der Waals surface area contributed by atoms with Gasteiger partial charge in [0, 0.05) is 54.2 Å². The largest absolute Gasteiger partial charge is 0.457 e. The summed E-state index contributed by atoms with van der Waals surface area (Å²) in [5.74, 6) is 1.60. The third-order valence-electron chi connectivity index (χ3n) is 16.7. The van der Waals surface area contributed by atoms with Gasteiger partial charge >= 0.3 is 0 Å². The van der Waals surface area contributed by atoms with Gasteiger partial charge in [-0.2, -0.15) is 0 Å². The highest BCUT2D eigenvalue weighted by atomic mass is 16.5. The molecule has 2 aromatic heterocycles. The van der Waals surface area contributed by atoms with Crippen LogP contribution in [-0.4, -0.2) is 16.2 Å². The zero-order valence-electron chi connectivity index (χ0n) is 52.9. The Labute approximate surface area is 486 Å². The summed E-state index contributed by atoms with van der Waals surface area (Å²) in [5, 5.41) is 2.08. The first-order chi connectivity index (χ1) is 41.1. The molecule has 0 spiro atoms. The molecule has 0 amide bonds. The van der Waals surface area contributed by atoms with Gasteiger partial charge in [0.05, 0.1) is 32.2 Å². The van der Waals surface area contributed by atoms with Crippen molar-refractivity contribution in [2.24, 2.45) is 5.92 Å². The van der Waals surface area contributed by atoms with Crippen LogP contribution >= 0.6 is 0 Å². The molecule has 9 aromatic carbocycles. The predicted octanol–water partition coefficient (Wildman–Crippen LogP) is 20.7. The number of nitrogens with zero attached hydrogens (tertiary/aromatic N) is 4. The molecule has 0 unspecified atom stereocenters. The number of hydrogen-bond acceptors (Lipinski definition) is 4. The topological polar surface area (TPSA) is 33.5 Å². The maximum absolute atomic E-state index is 10.3. The number of aromatic nitrogens is 2. The van der Waals surface area contributed by atoms with Crippen LogP contribution in [0.3, 0.4) is 0 Å². The number of pyridine rings is 1. The fraction of sp³-hybridized carbons (Fsp3) is 0.224. The van der Waals surface area contributed by atoms with Gasteiger partial charge in [-0.1, -0.05) is 208 Å². The minimum absolute atomic E-state index is 0.0786. The molecule has 0 bridgehead atoms. The van der Waals surface area contributed by atoms with Gasteiger partial charge in [0.25, 0.3) is 0 Å². The van der Waals surface area contributed by atoms with E-state index in [1.807, 2.05) is 86.8 Å². The van der Waals surface area contributed by atoms with Crippen LogP contribution in [0.1, 0.15) is 104 Å². The summed E-state index contributed by atoms with van der Waals surface area (Å²) in [6, 6.07) is 67.3.